The highest BCUT2D eigenvalue weighted by atomic mass is 79.9. The molecule has 0 unspecified atom stereocenters. The second-order valence-electron chi connectivity index (χ2n) is 3.49. The fraction of sp³-hybridized carbons (Fsp3) is 0.0833. The summed E-state index contributed by atoms with van der Waals surface area (Å²) in [4.78, 5) is 5.54. The van der Waals surface area contributed by atoms with Crippen LogP contribution in [0.1, 0.15) is 0 Å². The Morgan fingerprint density at radius 3 is 2.41 bits per heavy atom. The molecule has 2 rings (SSSR count). The van der Waals surface area contributed by atoms with Crippen molar-refractivity contribution < 1.29 is 8.78 Å². The zero-order valence-electron chi connectivity index (χ0n) is 8.99. The highest BCUT2D eigenvalue weighted by molar-refractivity contribution is 9.10. The second kappa shape index (κ2) is 4.79. The average molecular weight is 299 g/mol. The molecule has 0 radical (unpaired) electrons. The maximum absolute atomic E-state index is 13.7. The highest BCUT2D eigenvalue weighted by Gasteiger charge is 2.11. The summed E-state index contributed by atoms with van der Waals surface area (Å²) in [7, 11) is 1.67. The van der Waals surface area contributed by atoms with Gasteiger partial charge in [0.05, 0.1) is 0 Å². The maximum Gasteiger partial charge on any atom is 0.169 e. The summed E-state index contributed by atoms with van der Waals surface area (Å²) < 4.78 is 27.0. The van der Waals surface area contributed by atoms with Gasteiger partial charge in [0.2, 0.25) is 0 Å². The van der Waals surface area contributed by atoms with Gasteiger partial charge in [0.25, 0.3) is 0 Å². The van der Waals surface area contributed by atoms with E-state index in [0.29, 0.717) is 10.2 Å². The lowest BCUT2D eigenvalue weighted by Gasteiger charge is -2.18. The van der Waals surface area contributed by atoms with Crippen molar-refractivity contribution in [2.45, 2.75) is 0 Å². The summed E-state index contributed by atoms with van der Waals surface area (Å²) in [5, 5.41) is 0. The van der Waals surface area contributed by atoms with Crippen molar-refractivity contribution in [3.8, 4) is 0 Å². The molecule has 0 N–H and O–H groups in total. The Morgan fingerprint density at radius 2 is 1.82 bits per heavy atom. The van der Waals surface area contributed by atoms with Gasteiger partial charge in [-0.15, -0.1) is 0 Å². The first kappa shape index (κ1) is 12.0. The number of pyridine rings is 1. The highest BCUT2D eigenvalue weighted by Crippen LogP contribution is 2.25. The van der Waals surface area contributed by atoms with Crippen LogP contribution in [0.2, 0.25) is 0 Å². The number of aromatic nitrogens is 1. The monoisotopic (exact) mass is 298 g/mol. The summed E-state index contributed by atoms with van der Waals surface area (Å²) in [6, 6.07) is 7.12. The van der Waals surface area contributed by atoms with Crippen molar-refractivity contribution in [2.75, 3.05) is 11.9 Å². The van der Waals surface area contributed by atoms with Crippen LogP contribution in [-0.4, -0.2) is 12.0 Å². The van der Waals surface area contributed by atoms with Crippen LogP contribution in [0.25, 0.3) is 0 Å². The Kier molecular flexibility index (Phi) is 3.38. The van der Waals surface area contributed by atoms with Crippen LogP contribution in [0.4, 0.5) is 20.3 Å². The van der Waals surface area contributed by atoms with Crippen LogP contribution in [0.15, 0.2) is 41.0 Å². The molecule has 2 nitrogen and oxygen atoms in total. The molecule has 1 heterocycles. The molecular weight excluding hydrogens is 290 g/mol. The molecule has 0 aliphatic rings. The Hall–Kier alpha value is -1.49. The smallest absolute Gasteiger partial charge is 0.169 e. The zero-order chi connectivity index (χ0) is 12.4. The first-order valence-corrected chi connectivity index (χ1v) is 5.67. The number of benzene rings is 1. The minimum atomic E-state index is -0.439. The lowest BCUT2D eigenvalue weighted by molar-refractivity contribution is 0.619. The number of rotatable bonds is 2. The molecule has 0 saturated heterocycles. The summed E-state index contributed by atoms with van der Waals surface area (Å²) in [5.74, 6) is -0.572. The van der Waals surface area contributed by atoms with Gasteiger partial charge in [-0.05, 0) is 46.3 Å². The van der Waals surface area contributed by atoms with Crippen LogP contribution in [0.3, 0.4) is 0 Å². The van der Waals surface area contributed by atoms with Crippen LogP contribution in [0, 0.1) is 11.6 Å². The van der Waals surface area contributed by atoms with Gasteiger partial charge in [0, 0.05) is 23.4 Å². The lowest BCUT2D eigenvalue weighted by atomic mass is 10.3. The number of anilines is 2. The third-order valence-corrected chi connectivity index (χ3v) is 2.75. The van der Waals surface area contributed by atoms with Crippen LogP contribution >= 0.6 is 15.9 Å². The van der Waals surface area contributed by atoms with E-state index in [4.69, 9.17) is 0 Å². The van der Waals surface area contributed by atoms with E-state index in [9.17, 15) is 8.78 Å². The van der Waals surface area contributed by atoms with E-state index >= 15 is 0 Å². The van der Waals surface area contributed by atoms with Gasteiger partial charge in [-0.1, -0.05) is 0 Å². The molecule has 88 valence electrons. The van der Waals surface area contributed by atoms with Crippen molar-refractivity contribution in [3.05, 3.63) is 52.6 Å². The molecule has 0 saturated carbocycles. The van der Waals surface area contributed by atoms with Gasteiger partial charge >= 0.3 is 0 Å². The number of halogens is 3. The molecule has 17 heavy (non-hydrogen) atoms. The van der Waals surface area contributed by atoms with Crippen molar-refractivity contribution in [1.82, 2.24) is 4.98 Å². The van der Waals surface area contributed by atoms with Gasteiger partial charge in [0.1, 0.15) is 5.82 Å². The van der Waals surface area contributed by atoms with Crippen molar-refractivity contribution in [2.24, 2.45) is 0 Å². The van der Waals surface area contributed by atoms with Crippen LogP contribution < -0.4 is 4.90 Å². The summed E-state index contributed by atoms with van der Waals surface area (Å²) >= 11 is 3.14. The number of hydrogen-bond donors (Lipinski definition) is 0. The minimum Gasteiger partial charge on any atom is -0.327 e. The van der Waals surface area contributed by atoms with E-state index < -0.39 is 5.82 Å². The van der Waals surface area contributed by atoms with E-state index in [-0.39, 0.29) is 11.6 Å². The Labute approximate surface area is 106 Å². The van der Waals surface area contributed by atoms with E-state index in [0.717, 1.165) is 0 Å². The summed E-state index contributed by atoms with van der Waals surface area (Å²) in [5.41, 5.74) is 0.667. The molecule has 0 fully saturated rings. The quantitative estimate of drug-likeness (QED) is 0.836. The number of nitrogens with zero attached hydrogens (tertiary/aromatic N) is 2. The van der Waals surface area contributed by atoms with E-state index in [1.165, 1.54) is 24.4 Å². The van der Waals surface area contributed by atoms with Crippen LogP contribution in [-0.2, 0) is 0 Å². The minimum absolute atomic E-state index is 0.194. The zero-order valence-corrected chi connectivity index (χ0v) is 10.6. The standard InChI is InChI=1S/C12H9BrF2N2/c1-17(10-4-2-9(14)3-5-10)12-11(15)6-8(13)7-16-12/h2-7H,1H3. The largest absolute Gasteiger partial charge is 0.327 e. The molecule has 0 aliphatic carbocycles. The molecule has 0 amide bonds. The van der Waals surface area contributed by atoms with Crippen molar-refractivity contribution in [1.29, 1.82) is 0 Å². The van der Waals surface area contributed by atoms with Gasteiger partial charge in [-0.2, -0.15) is 0 Å². The van der Waals surface area contributed by atoms with Crippen LogP contribution in [0.5, 0.6) is 0 Å². The van der Waals surface area contributed by atoms with Gasteiger partial charge in [-0.3, -0.25) is 0 Å². The molecule has 5 heteroatoms. The van der Waals surface area contributed by atoms with E-state index in [1.807, 2.05) is 0 Å². The molecule has 1 aromatic heterocycles. The Balaban J connectivity index is 2.36. The molecule has 2 aromatic rings. The van der Waals surface area contributed by atoms with E-state index in [1.54, 1.807) is 24.1 Å². The summed E-state index contributed by atoms with van der Waals surface area (Å²) in [6.07, 6.45) is 1.51. The maximum atomic E-state index is 13.7. The van der Waals surface area contributed by atoms with Crippen molar-refractivity contribution >= 4 is 27.4 Å². The second-order valence-corrected chi connectivity index (χ2v) is 4.41. The lowest BCUT2D eigenvalue weighted by Crippen LogP contribution is -2.12. The predicted octanol–water partition coefficient (Wildman–Crippen LogP) is 3.89. The van der Waals surface area contributed by atoms with Crippen molar-refractivity contribution in [3.63, 3.8) is 0 Å². The fourth-order valence-corrected chi connectivity index (χ4v) is 1.74. The SMILES string of the molecule is CN(c1ccc(F)cc1)c1ncc(Br)cc1F. The summed E-state index contributed by atoms with van der Waals surface area (Å²) in [6.45, 7) is 0. The topological polar surface area (TPSA) is 16.1 Å². The molecular formula is C12H9BrF2N2. The third kappa shape index (κ3) is 2.61. The van der Waals surface area contributed by atoms with Gasteiger partial charge in [-0.25, -0.2) is 13.8 Å². The van der Waals surface area contributed by atoms with Gasteiger partial charge in [0.15, 0.2) is 11.6 Å². The average Bonchev–Trinajstić information content (AvgIpc) is 2.29. The predicted molar refractivity (Wildman–Crippen MR) is 66.4 cm³/mol. The normalized spacial score (nSPS) is 10.4. The van der Waals surface area contributed by atoms with Gasteiger partial charge < -0.3 is 4.90 Å². The third-order valence-electron chi connectivity index (χ3n) is 2.32. The fourth-order valence-electron chi connectivity index (χ4n) is 1.44. The number of hydrogen-bond acceptors (Lipinski definition) is 2. The first-order valence-electron chi connectivity index (χ1n) is 4.88. The van der Waals surface area contributed by atoms with E-state index in [2.05, 4.69) is 20.9 Å². The molecule has 0 spiro atoms. The molecule has 0 bridgehead atoms. The Morgan fingerprint density at radius 1 is 1.18 bits per heavy atom. The molecule has 0 atom stereocenters. The Bertz CT molecular complexity index is 529. The molecule has 1 aromatic carbocycles. The molecule has 0 aliphatic heterocycles. The first-order chi connectivity index (χ1) is 8.08.